The van der Waals surface area contributed by atoms with Crippen molar-refractivity contribution in [2.45, 2.75) is 30.4 Å². The Kier molecular flexibility index (Phi) is 10.9. The third-order valence-corrected chi connectivity index (χ3v) is 8.27. The summed E-state index contributed by atoms with van der Waals surface area (Å²) in [5.74, 6) is -1.27. The molecule has 1 unspecified atom stereocenters. The molecular formula is C33H29ClN4O5S. The Hall–Kier alpha value is -4.93. The first-order valence-electron chi connectivity index (χ1n) is 13.6. The minimum absolute atomic E-state index is 0.0616. The number of hydrogen-bond donors (Lipinski definition) is 3. The maximum absolute atomic E-state index is 13.4. The lowest BCUT2D eigenvalue weighted by atomic mass is 10.1. The molecule has 44 heavy (non-hydrogen) atoms. The predicted octanol–water partition coefficient (Wildman–Crippen LogP) is 7.48. The summed E-state index contributed by atoms with van der Waals surface area (Å²) in [6.45, 7) is 3.75. The number of amides is 3. The second-order valence-electron chi connectivity index (χ2n) is 9.63. The number of halogens is 1. The van der Waals surface area contributed by atoms with E-state index in [9.17, 15) is 24.5 Å². The van der Waals surface area contributed by atoms with Gasteiger partial charge in [-0.2, -0.15) is 0 Å². The number of hydrogen-bond acceptors (Lipinski definition) is 6. The second-order valence-corrected chi connectivity index (χ2v) is 11.3. The van der Waals surface area contributed by atoms with Gasteiger partial charge in [-0.3, -0.25) is 24.5 Å². The van der Waals surface area contributed by atoms with E-state index in [1.807, 2.05) is 19.9 Å². The van der Waals surface area contributed by atoms with E-state index in [4.69, 9.17) is 11.6 Å². The van der Waals surface area contributed by atoms with Gasteiger partial charge >= 0.3 is 0 Å². The van der Waals surface area contributed by atoms with Crippen LogP contribution < -0.4 is 16.0 Å². The van der Waals surface area contributed by atoms with Crippen LogP contribution >= 0.6 is 23.4 Å². The van der Waals surface area contributed by atoms with Crippen LogP contribution in [-0.2, 0) is 9.59 Å². The van der Waals surface area contributed by atoms with Gasteiger partial charge in [0.2, 0.25) is 5.91 Å². The van der Waals surface area contributed by atoms with Gasteiger partial charge in [0.25, 0.3) is 17.5 Å². The second kappa shape index (κ2) is 15.0. The summed E-state index contributed by atoms with van der Waals surface area (Å²) in [5, 5.41) is 19.6. The Labute approximate surface area is 263 Å². The van der Waals surface area contributed by atoms with Crippen LogP contribution in [0, 0.1) is 17.0 Å². The molecule has 9 nitrogen and oxygen atoms in total. The molecular weight excluding hydrogens is 600 g/mol. The van der Waals surface area contributed by atoms with Gasteiger partial charge in [-0.15, -0.1) is 11.8 Å². The SMILES string of the molecule is CCC(Sc1cccc(NC(=O)/C(=C\c2ccc([N+](=O)[O-])cc2)NC(=O)c2ccccc2)c1)C(=O)Nc1cccc(Cl)c1C. The summed E-state index contributed by atoms with van der Waals surface area (Å²) in [6.07, 6.45) is 1.99. The molecule has 0 aliphatic heterocycles. The first-order valence-corrected chi connectivity index (χ1v) is 14.9. The monoisotopic (exact) mass is 628 g/mol. The first-order chi connectivity index (χ1) is 21.1. The molecule has 0 aliphatic rings. The largest absolute Gasteiger partial charge is 0.325 e. The van der Waals surface area contributed by atoms with E-state index in [0.29, 0.717) is 33.9 Å². The maximum atomic E-state index is 13.4. The van der Waals surface area contributed by atoms with Gasteiger partial charge in [-0.25, -0.2) is 0 Å². The van der Waals surface area contributed by atoms with Gasteiger partial charge in [0, 0.05) is 39.0 Å². The molecule has 224 valence electrons. The summed E-state index contributed by atoms with van der Waals surface area (Å²) >= 11 is 7.56. The van der Waals surface area contributed by atoms with Crippen LogP contribution in [0.25, 0.3) is 6.08 Å². The highest BCUT2D eigenvalue weighted by atomic mass is 35.5. The number of nitrogens with one attached hydrogen (secondary N) is 3. The van der Waals surface area contributed by atoms with Crippen LogP contribution in [0.3, 0.4) is 0 Å². The van der Waals surface area contributed by atoms with Crippen molar-refractivity contribution in [3.05, 3.63) is 135 Å². The van der Waals surface area contributed by atoms with Crippen LogP contribution in [0.15, 0.2) is 108 Å². The zero-order valence-electron chi connectivity index (χ0n) is 23.9. The fraction of sp³-hybridized carbons (Fsp3) is 0.121. The number of nitro benzene ring substituents is 1. The van der Waals surface area contributed by atoms with Gasteiger partial charge in [-0.1, -0.05) is 48.9 Å². The number of thioether (sulfide) groups is 1. The van der Waals surface area contributed by atoms with Crippen LogP contribution in [0.2, 0.25) is 5.02 Å². The van der Waals surface area contributed by atoms with E-state index in [1.165, 1.54) is 42.1 Å². The highest BCUT2D eigenvalue weighted by molar-refractivity contribution is 8.00. The summed E-state index contributed by atoms with van der Waals surface area (Å²) in [5.41, 5.74) is 2.54. The number of rotatable bonds is 11. The molecule has 4 aromatic rings. The molecule has 4 aromatic carbocycles. The minimum atomic E-state index is -0.601. The van der Waals surface area contributed by atoms with Crippen molar-refractivity contribution in [2.75, 3.05) is 10.6 Å². The Bertz CT molecular complexity index is 1710. The lowest BCUT2D eigenvalue weighted by Crippen LogP contribution is -2.30. The number of nitro groups is 1. The molecule has 0 bridgehead atoms. The summed E-state index contributed by atoms with van der Waals surface area (Å²) in [4.78, 5) is 50.7. The van der Waals surface area contributed by atoms with Crippen LogP contribution in [0.4, 0.5) is 17.1 Å². The maximum Gasteiger partial charge on any atom is 0.272 e. The molecule has 3 amide bonds. The highest BCUT2D eigenvalue weighted by Crippen LogP contribution is 2.30. The number of carbonyl (C=O) groups excluding carboxylic acids is 3. The van der Waals surface area contributed by atoms with Crippen molar-refractivity contribution < 1.29 is 19.3 Å². The van der Waals surface area contributed by atoms with Crippen molar-refractivity contribution in [2.24, 2.45) is 0 Å². The van der Waals surface area contributed by atoms with Crippen LogP contribution in [-0.4, -0.2) is 27.9 Å². The molecule has 4 rings (SSSR count). The summed E-state index contributed by atoms with van der Waals surface area (Å²) in [6, 6.07) is 26.4. The quantitative estimate of drug-likeness (QED) is 0.0683. The van der Waals surface area contributed by atoms with Crippen molar-refractivity contribution >= 4 is 64.2 Å². The highest BCUT2D eigenvalue weighted by Gasteiger charge is 2.20. The molecule has 3 N–H and O–H groups in total. The smallest absolute Gasteiger partial charge is 0.272 e. The zero-order chi connectivity index (χ0) is 31.6. The average molecular weight is 629 g/mol. The standard InChI is InChI=1S/C33H29ClN4O5S/c1-3-30(33(41)36-28-14-8-13-27(34)21(28)2)44-26-12-7-11-24(20-26)35-32(40)29(37-31(39)23-9-5-4-6-10-23)19-22-15-17-25(18-16-22)38(42)43/h4-20,30H,3H2,1-2H3,(H,35,40)(H,36,41)(H,37,39)/b29-19+. The van der Waals surface area contributed by atoms with Gasteiger partial charge in [0.15, 0.2) is 0 Å². The molecule has 11 heteroatoms. The number of carbonyl (C=O) groups is 3. The molecule has 0 fully saturated rings. The lowest BCUT2D eigenvalue weighted by Gasteiger charge is -2.17. The fourth-order valence-electron chi connectivity index (χ4n) is 4.09. The van der Waals surface area contributed by atoms with Crippen molar-refractivity contribution in [1.82, 2.24) is 5.32 Å². The zero-order valence-corrected chi connectivity index (χ0v) is 25.4. The first kappa shape index (κ1) is 32.0. The molecule has 0 aromatic heterocycles. The molecule has 0 spiro atoms. The van der Waals surface area contributed by atoms with Crippen LogP contribution in [0.5, 0.6) is 0 Å². The summed E-state index contributed by atoms with van der Waals surface area (Å²) < 4.78 is 0. The number of benzene rings is 4. The van der Waals surface area contributed by atoms with E-state index in [0.717, 1.165) is 10.5 Å². The molecule has 0 aliphatic carbocycles. The van der Waals surface area contributed by atoms with Gasteiger partial charge in [0.05, 0.1) is 10.2 Å². The topological polar surface area (TPSA) is 130 Å². The summed E-state index contributed by atoms with van der Waals surface area (Å²) in [7, 11) is 0. The third-order valence-electron chi connectivity index (χ3n) is 6.50. The molecule has 0 radical (unpaired) electrons. The third kappa shape index (κ3) is 8.56. The Morgan fingerprint density at radius 2 is 1.64 bits per heavy atom. The Morgan fingerprint density at radius 1 is 0.932 bits per heavy atom. The number of non-ortho nitro benzene ring substituents is 1. The molecule has 0 saturated heterocycles. The van der Waals surface area contributed by atoms with Crippen molar-refractivity contribution in [3.8, 4) is 0 Å². The van der Waals surface area contributed by atoms with E-state index >= 15 is 0 Å². The lowest BCUT2D eigenvalue weighted by molar-refractivity contribution is -0.384. The van der Waals surface area contributed by atoms with E-state index in [1.54, 1.807) is 66.7 Å². The number of anilines is 2. The van der Waals surface area contributed by atoms with Crippen molar-refractivity contribution in [3.63, 3.8) is 0 Å². The average Bonchev–Trinajstić information content (AvgIpc) is 3.02. The van der Waals surface area contributed by atoms with E-state index in [-0.39, 0.29) is 17.3 Å². The fourth-order valence-corrected chi connectivity index (χ4v) is 5.28. The number of nitrogens with zero attached hydrogens (tertiary/aromatic N) is 1. The Morgan fingerprint density at radius 3 is 2.32 bits per heavy atom. The Balaban J connectivity index is 1.52. The van der Waals surface area contributed by atoms with E-state index in [2.05, 4.69) is 16.0 Å². The van der Waals surface area contributed by atoms with Gasteiger partial charge < -0.3 is 16.0 Å². The predicted molar refractivity (Wildman–Crippen MR) is 175 cm³/mol. The van der Waals surface area contributed by atoms with Gasteiger partial charge in [-0.05, 0) is 85.1 Å². The van der Waals surface area contributed by atoms with Crippen LogP contribution in [0.1, 0.15) is 34.8 Å². The molecule has 1 atom stereocenters. The molecule has 0 heterocycles. The normalized spacial score (nSPS) is 11.8. The minimum Gasteiger partial charge on any atom is -0.325 e. The van der Waals surface area contributed by atoms with Gasteiger partial charge in [0.1, 0.15) is 5.70 Å². The molecule has 0 saturated carbocycles. The van der Waals surface area contributed by atoms with E-state index < -0.39 is 22.0 Å². The van der Waals surface area contributed by atoms with Crippen molar-refractivity contribution in [1.29, 1.82) is 0 Å².